The summed E-state index contributed by atoms with van der Waals surface area (Å²) >= 11 is 0. The predicted molar refractivity (Wildman–Crippen MR) is 223 cm³/mol. The second-order valence-corrected chi connectivity index (χ2v) is 14.6. The highest BCUT2D eigenvalue weighted by Gasteiger charge is 2.32. The number of aryl methyl sites for hydroxylation is 1. The Morgan fingerprint density at radius 2 is 1.14 bits per heavy atom. The van der Waals surface area contributed by atoms with Crippen LogP contribution in [-0.2, 0) is 41.6 Å². The van der Waals surface area contributed by atoms with Crippen molar-refractivity contribution in [2.24, 2.45) is 28.9 Å². The first kappa shape index (κ1) is 48.0. The van der Waals surface area contributed by atoms with E-state index >= 15 is 0 Å². The van der Waals surface area contributed by atoms with Crippen molar-refractivity contribution in [2.75, 3.05) is 19.6 Å². The van der Waals surface area contributed by atoms with Crippen molar-refractivity contribution in [1.82, 2.24) is 26.6 Å². The van der Waals surface area contributed by atoms with Crippen molar-refractivity contribution >= 4 is 41.5 Å². The number of nitrogens with two attached hydrogens (primary N) is 4. The average Bonchev–Trinajstić information content (AvgIpc) is 3.18. The van der Waals surface area contributed by atoms with Crippen molar-refractivity contribution in [3.63, 3.8) is 0 Å². The minimum absolute atomic E-state index is 0.0320. The average molecular weight is 792 g/mol. The van der Waals surface area contributed by atoms with Gasteiger partial charge in [0.1, 0.15) is 30.2 Å². The van der Waals surface area contributed by atoms with Gasteiger partial charge in [0.05, 0.1) is 0 Å². The van der Waals surface area contributed by atoms with Gasteiger partial charge in [-0.25, -0.2) is 0 Å². The zero-order valence-electron chi connectivity index (χ0n) is 33.8. The topological polar surface area (TPSA) is 267 Å². The summed E-state index contributed by atoms with van der Waals surface area (Å²) in [5, 5.41) is 13.5. The van der Waals surface area contributed by atoms with Crippen LogP contribution in [0.3, 0.4) is 0 Å². The second-order valence-electron chi connectivity index (χ2n) is 14.6. The summed E-state index contributed by atoms with van der Waals surface area (Å²) < 4.78 is 0. The van der Waals surface area contributed by atoms with E-state index in [0.29, 0.717) is 6.42 Å². The van der Waals surface area contributed by atoms with E-state index in [0.717, 1.165) is 30.4 Å². The van der Waals surface area contributed by atoms with Gasteiger partial charge in [-0.3, -0.25) is 28.8 Å². The van der Waals surface area contributed by atoms with Crippen LogP contribution in [-0.4, -0.2) is 85.3 Å². The molecule has 57 heavy (non-hydrogen) atoms. The van der Waals surface area contributed by atoms with Crippen LogP contribution in [0.1, 0.15) is 88.8 Å². The molecule has 314 valence electrons. The van der Waals surface area contributed by atoms with Crippen molar-refractivity contribution < 1.29 is 28.8 Å². The molecule has 0 bridgehead atoms. The lowest BCUT2D eigenvalue weighted by molar-refractivity contribution is -0.135. The van der Waals surface area contributed by atoms with Crippen LogP contribution in [0, 0.1) is 5.92 Å². The summed E-state index contributed by atoms with van der Waals surface area (Å²) in [4.78, 5) is 79.3. The first-order valence-electron chi connectivity index (χ1n) is 20.0. The Bertz CT molecular complexity index is 1590. The van der Waals surface area contributed by atoms with Crippen LogP contribution in [0.5, 0.6) is 0 Å². The molecule has 0 aliphatic rings. The molecule has 2 rings (SSSR count). The van der Waals surface area contributed by atoms with Gasteiger partial charge in [-0.15, -0.1) is 0 Å². The minimum Gasteiger partial charge on any atom is -0.368 e. The molecule has 5 atom stereocenters. The summed E-state index contributed by atoms with van der Waals surface area (Å²) in [6, 6.07) is 11.8. The zero-order chi connectivity index (χ0) is 42.2. The third-order valence-electron chi connectivity index (χ3n) is 9.21. The molecule has 0 fully saturated rings. The first-order valence-corrected chi connectivity index (χ1v) is 20.0. The van der Waals surface area contributed by atoms with Gasteiger partial charge in [-0.1, -0.05) is 93.9 Å². The number of allylic oxidation sites excluding steroid dienone is 1. The van der Waals surface area contributed by atoms with Crippen molar-refractivity contribution in [3.8, 4) is 0 Å². The Morgan fingerprint density at radius 1 is 0.632 bits per heavy atom. The second kappa shape index (κ2) is 26.7. The van der Waals surface area contributed by atoms with Crippen LogP contribution in [0.2, 0.25) is 0 Å². The lowest BCUT2D eigenvalue weighted by Crippen LogP contribution is -2.60. The van der Waals surface area contributed by atoms with Crippen LogP contribution < -0.4 is 49.5 Å². The number of benzene rings is 2. The maximum absolute atomic E-state index is 13.8. The van der Waals surface area contributed by atoms with Crippen LogP contribution in [0.15, 0.2) is 60.7 Å². The number of carbonyl (C=O) groups excluding carboxylic acids is 6. The summed E-state index contributed by atoms with van der Waals surface area (Å²) in [7, 11) is 0. The Balaban J connectivity index is 2.12. The molecule has 0 saturated carbocycles. The smallest absolute Gasteiger partial charge is 0.243 e. The van der Waals surface area contributed by atoms with E-state index in [4.69, 9.17) is 22.9 Å². The highest BCUT2D eigenvalue weighted by Crippen LogP contribution is 2.12. The number of carbonyl (C=O) groups is 6. The van der Waals surface area contributed by atoms with Gasteiger partial charge in [-0.2, -0.15) is 0 Å². The summed E-state index contributed by atoms with van der Waals surface area (Å²) in [5.74, 6) is -3.77. The van der Waals surface area contributed by atoms with E-state index in [9.17, 15) is 28.8 Å². The van der Waals surface area contributed by atoms with Crippen molar-refractivity contribution in [2.45, 2.75) is 115 Å². The Morgan fingerprint density at radius 3 is 1.70 bits per heavy atom. The number of nitrogens with one attached hydrogen (secondary N) is 5. The van der Waals surface area contributed by atoms with Crippen LogP contribution in [0.4, 0.5) is 0 Å². The Kier molecular flexibility index (Phi) is 22.5. The van der Waals surface area contributed by atoms with E-state index in [2.05, 4.69) is 45.6 Å². The molecule has 0 aliphatic heterocycles. The molecular weight excluding hydrogens is 727 g/mol. The molecule has 0 aromatic heterocycles. The summed E-state index contributed by atoms with van der Waals surface area (Å²) in [6.07, 6.45) is 8.31. The molecule has 15 heteroatoms. The van der Waals surface area contributed by atoms with E-state index in [1.54, 1.807) is 24.3 Å². The van der Waals surface area contributed by atoms with Gasteiger partial charge in [0.15, 0.2) is 0 Å². The quantitative estimate of drug-likeness (QED) is 0.0626. The van der Waals surface area contributed by atoms with E-state index in [1.165, 1.54) is 5.56 Å². The minimum atomic E-state index is -1.14. The highest BCUT2D eigenvalue weighted by molar-refractivity contribution is 5.96. The Hall–Kier alpha value is -5.12. The van der Waals surface area contributed by atoms with Crippen molar-refractivity contribution in [1.29, 1.82) is 0 Å². The van der Waals surface area contributed by atoms with E-state index in [-0.39, 0.29) is 70.0 Å². The molecule has 15 nitrogen and oxygen atoms in total. The van der Waals surface area contributed by atoms with Crippen LogP contribution >= 0.6 is 0 Å². The molecule has 6 amide bonds. The van der Waals surface area contributed by atoms with Gasteiger partial charge >= 0.3 is 0 Å². The molecule has 0 spiro atoms. The SMILES string of the molecule is CCCCc1ccc(/C=C/CCC(=O)N[C@H](CCN)C(=O)N[C@@H](CCN)C(=O)N[C@@H](CC(C)C)C(=O)N[C@H](Cc2ccccc2)C(=O)N[C@@H](CCN)C(N)=O)cc1. The third kappa shape index (κ3) is 18.6. The maximum atomic E-state index is 13.8. The fraction of sp³-hybridized carbons (Fsp3) is 0.524. The number of rotatable bonds is 27. The fourth-order valence-electron chi connectivity index (χ4n) is 6.05. The van der Waals surface area contributed by atoms with Gasteiger partial charge < -0.3 is 49.5 Å². The van der Waals surface area contributed by atoms with Gasteiger partial charge in [0.25, 0.3) is 0 Å². The molecule has 0 aliphatic carbocycles. The van der Waals surface area contributed by atoms with Crippen molar-refractivity contribution in [3.05, 3.63) is 77.4 Å². The number of unbranched alkanes of at least 4 members (excludes halogenated alkanes) is 1. The molecular formula is C42H65N9O6. The number of primary amides is 1. The fourth-order valence-corrected chi connectivity index (χ4v) is 6.05. The van der Waals surface area contributed by atoms with Crippen LogP contribution in [0.25, 0.3) is 6.08 Å². The number of hydrogen-bond acceptors (Lipinski definition) is 9. The van der Waals surface area contributed by atoms with Gasteiger partial charge in [0, 0.05) is 12.8 Å². The molecule has 0 heterocycles. The zero-order valence-corrected chi connectivity index (χ0v) is 33.8. The monoisotopic (exact) mass is 792 g/mol. The predicted octanol–water partition coefficient (Wildman–Crippen LogP) is 1.07. The standard InChI is InChI=1S/C42H65N9O6/c1-4-5-11-29-16-18-30(19-17-29)12-9-10-15-37(52)47-33(21-24-44)39(54)49-34(22-25-45)40(55)50-35(26-28(2)3)41(56)51-36(27-31-13-7-6-8-14-31)42(57)48-32(20-23-43)38(46)53/h6-9,12-14,16-19,28,32-36H,4-5,10-11,15,20-27,43-45H2,1-3H3,(H2,46,53)(H,47,52)(H,48,57)(H,49,54)(H,50,55)(H,51,56)/b12-9+/t32-,33+,34-,35-,36+/m0/s1. The summed E-state index contributed by atoms with van der Waals surface area (Å²) in [6.45, 7) is 6.12. The summed E-state index contributed by atoms with van der Waals surface area (Å²) in [5.41, 5.74) is 25.7. The molecule has 0 unspecified atom stereocenters. The lowest BCUT2D eigenvalue weighted by Gasteiger charge is -2.27. The number of hydrogen-bond donors (Lipinski definition) is 9. The molecule has 0 radical (unpaired) electrons. The normalized spacial score (nSPS) is 13.9. The molecule has 0 saturated heterocycles. The highest BCUT2D eigenvalue weighted by atomic mass is 16.2. The third-order valence-corrected chi connectivity index (χ3v) is 9.21. The van der Waals surface area contributed by atoms with E-state index in [1.807, 2.05) is 44.2 Å². The molecule has 2 aromatic carbocycles. The van der Waals surface area contributed by atoms with Gasteiger partial charge in [0.2, 0.25) is 35.4 Å². The Labute approximate surface area is 337 Å². The van der Waals surface area contributed by atoms with Gasteiger partial charge in [-0.05, 0) is 87.2 Å². The number of amides is 6. The molecule has 13 N–H and O–H groups in total. The first-order chi connectivity index (χ1) is 27.3. The maximum Gasteiger partial charge on any atom is 0.243 e. The largest absolute Gasteiger partial charge is 0.368 e. The lowest BCUT2D eigenvalue weighted by atomic mass is 10.00. The molecule has 2 aromatic rings. The van der Waals surface area contributed by atoms with E-state index < -0.39 is 59.7 Å².